The van der Waals surface area contributed by atoms with Crippen LogP contribution in [0.5, 0.6) is 0 Å². The van der Waals surface area contributed by atoms with Crippen LogP contribution in [0.25, 0.3) is 0 Å². The first-order chi connectivity index (χ1) is 8.32. The molecule has 2 aliphatic rings. The van der Waals surface area contributed by atoms with Gasteiger partial charge in [0.25, 0.3) is 0 Å². The van der Waals surface area contributed by atoms with E-state index in [1.807, 2.05) is 0 Å². The molecule has 2 unspecified atom stereocenters. The molecule has 3 nitrogen and oxygen atoms in total. The lowest BCUT2D eigenvalue weighted by molar-refractivity contribution is -0.141. The first-order valence-electron chi connectivity index (χ1n) is 7.40. The predicted octanol–water partition coefficient (Wildman–Crippen LogP) is 2.96. The molecule has 1 saturated heterocycles. The van der Waals surface area contributed by atoms with Crippen molar-refractivity contribution in [3.8, 4) is 0 Å². The Morgan fingerprint density at radius 1 is 1.11 bits per heavy atom. The summed E-state index contributed by atoms with van der Waals surface area (Å²) in [4.78, 5) is 14.7. The molecule has 1 saturated carbocycles. The standard InChI is InChI=1S/C15H28N2O.ClH/c1-14(2)8-10-17(11-9-14)13(18)12-6-4-5-7-15(12,3)16;/h12H,4-11,16H2,1-3H3;1H. The lowest BCUT2D eigenvalue weighted by atomic mass is 9.73. The average molecular weight is 289 g/mol. The number of hydrogen-bond acceptors (Lipinski definition) is 2. The minimum atomic E-state index is -0.289. The van der Waals surface area contributed by atoms with Gasteiger partial charge in [0.2, 0.25) is 5.91 Å². The van der Waals surface area contributed by atoms with Crippen LogP contribution in [0.2, 0.25) is 0 Å². The van der Waals surface area contributed by atoms with E-state index in [1.54, 1.807) is 0 Å². The molecule has 19 heavy (non-hydrogen) atoms. The maximum atomic E-state index is 12.6. The van der Waals surface area contributed by atoms with Crippen molar-refractivity contribution in [2.24, 2.45) is 17.1 Å². The number of hydrogen-bond donors (Lipinski definition) is 1. The fourth-order valence-corrected chi connectivity index (χ4v) is 3.32. The van der Waals surface area contributed by atoms with E-state index in [1.165, 1.54) is 6.42 Å². The van der Waals surface area contributed by atoms with Crippen molar-refractivity contribution in [2.75, 3.05) is 13.1 Å². The third-order valence-electron chi connectivity index (χ3n) is 4.98. The topological polar surface area (TPSA) is 46.3 Å². The maximum Gasteiger partial charge on any atom is 0.227 e. The van der Waals surface area contributed by atoms with Crippen molar-refractivity contribution in [3.05, 3.63) is 0 Å². The van der Waals surface area contributed by atoms with Gasteiger partial charge in [0, 0.05) is 18.6 Å². The molecule has 2 N–H and O–H groups in total. The van der Waals surface area contributed by atoms with Gasteiger partial charge < -0.3 is 10.6 Å². The number of halogens is 1. The van der Waals surface area contributed by atoms with Gasteiger partial charge in [-0.05, 0) is 38.0 Å². The van der Waals surface area contributed by atoms with Crippen LogP contribution in [0.4, 0.5) is 0 Å². The van der Waals surface area contributed by atoms with E-state index in [-0.39, 0.29) is 23.9 Å². The van der Waals surface area contributed by atoms with E-state index in [2.05, 4.69) is 25.7 Å². The number of rotatable bonds is 1. The number of likely N-dealkylation sites (tertiary alicyclic amines) is 1. The van der Waals surface area contributed by atoms with Gasteiger partial charge in [0.05, 0.1) is 5.92 Å². The second-order valence-electron chi connectivity index (χ2n) is 7.29. The molecule has 2 fully saturated rings. The van der Waals surface area contributed by atoms with Crippen LogP contribution in [-0.2, 0) is 4.79 Å². The summed E-state index contributed by atoms with van der Waals surface area (Å²) >= 11 is 0. The molecule has 2 atom stereocenters. The number of nitrogens with two attached hydrogens (primary N) is 1. The molecule has 0 bridgehead atoms. The van der Waals surface area contributed by atoms with E-state index in [0.29, 0.717) is 11.3 Å². The summed E-state index contributed by atoms with van der Waals surface area (Å²) in [5, 5.41) is 0. The van der Waals surface area contributed by atoms with Gasteiger partial charge in [-0.15, -0.1) is 12.4 Å². The maximum absolute atomic E-state index is 12.6. The third kappa shape index (κ3) is 3.85. The van der Waals surface area contributed by atoms with Gasteiger partial charge in [-0.1, -0.05) is 26.7 Å². The van der Waals surface area contributed by atoms with Crippen molar-refractivity contribution in [1.82, 2.24) is 4.90 Å². The molecule has 0 radical (unpaired) electrons. The molecule has 1 heterocycles. The minimum Gasteiger partial charge on any atom is -0.342 e. The second kappa shape index (κ2) is 6.01. The summed E-state index contributed by atoms with van der Waals surface area (Å²) < 4.78 is 0. The number of carbonyl (C=O) groups excluding carboxylic acids is 1. The Morgan fingerprint density at radius 2 is 1.68 bits per heavy atom. The highest BCUT2D eigenvalue weighted by Crippen LogP contribution is 2.35. The lowest BCUT2D eigenvalue weighted by Crippen LogP contribution is -2.55. The molecule has 1 aliphatic carbocycles. The fourth-order valence-electron chi connectivity index (χ4n) is 3.32. The fraction of sp³-hybridized carbons (Fsp3) is 0.933. The van der Waals surface area contributed by atoms with Gasteiger partial charge in [-0.3, -0.25) is 4.79 Å². The van der Waals surface area contributed by atoms with E-state index >= 15 is 0 Å². The third-order valence-corrected chi connectivity index (χ3v) is 4.98. The monoisotopic (exact) mass is 288 g/mol. The van der Waals surface area contributed by atoms with Crippen LogP contribution in [-0.4, -0.2) is 29.4 Å². The second-order valence-corrected chi connectivity index (χ2v) is 7.29. The lowest BCUT2D eigenvalue weighted by Gasteiger charge is -2.43. The van der Waals surface area contributed by atoms with Gasteiger partial charge >= 0.3 is 0 Å². The molecule has 0 aromatic rings. The highest BCUT2D eigenvalue weighted by atomic mass is 35.5. The largest absolute Gasteiger partial charge is 0.342 e. The molecule has 0 aromatic carbocycles. The van der Waals surface area contributed by atoms with Gasteiger partial charge in [-0.25, -0.2) is 0 Å². The SMILES string of the molecule is CC1(C)CCN(C(=O)C2CCCCC2(C)N)CC1.Cl. The first kappa shape index (κ1) is 16.8. The number of nitrogens with zero attached hydrogens (tertiary/aromatic N) is 1. The summed E-state index contributed by atoms with van der Waals surface area (Å²) in [6, 6.07) is 0. The Morgan fingerprint density at radius 3 is 2.21 bits per heavy atom. The van der Waals surface area contributed by atoms with Crippen LogP contribution in [0.1, 0.15) is 59.3 Å². The van der Waals surface area contributed by atoms with Crippen molar-refractivity contribution >= 4 is 18.3 Å². The van der Waals surface area contributed by atoms with Crippen LogP contribution in [0.3, 0.4) is 0 Å². The average Bonchev–Trinajstić information content (AvgIpc) is 2.27. The summed E-state index contributed by atoms with van der Waals surface area (Å²) in [5.74, 6) is 0.364. The number of amides is 1. The zero-order valence-electron chi connectivity index (χ0n) is 12.6. The molecule has 1 amide bonds. The van der Waals surface area contributed by atoms with Crippen molar-refractivity contribution in [1.29, 1.82) is 0 Å². The van der Waals surface area contributed by atoms with E-state index in [4.69, 9.17) is 5.73 Å². The normalized spacial score (nSPS) is 34.5. The van der Waals surface area contributed by atoms with Gasteiger partial charge in [0.1, 0.15) is 0 Å². The molecule has 2 rings (SSSR count). The molecule has 112 valence electrons. The van der Waals surface area contributed by atoms with Crippen molar-refractivity contribution in [3.63, 3.8) is 0 Å². The van der Waals surface area contributed by atoms with Crippen LogP contribution in [0, 0.1) is 11.3 Å². The van der Waals surface area contributed by atoms with Crippen LogP contribution < -0.4 is 5.73 Å². The van der Waals surface area contributed by atoms with Crippen LogP contribution in [0.15, 0.2) is 0 Å². The Labute approximate surface area is 123 Å². The summed E-state index contributed by atoms with van der Waals surface area (Å²) in [6.45, 7) is 8.48. The number of carbonyl (C=O) groups is 1. The molecular weight excluding hydrogens is 260 g/mol. The summed E-state index contributed by atoms with van der Waals surface area (Å²) in [7, 11) is 0. The van der Waals surface area contributed by atoms with Gasteiger partial charge in [-0.2, -0.15) is 0 Å². The Balaban J connectivity index is 0.00000180. The summed E-state index contributed by atoms with van der Waals surface area (Å²) in [5.41, 5.74) is 6.44. The Kier molecular flexibility index (Phi) is 5.30. The Hall–Kier alpha value is -0.280. The van der Waals surface area contributed by atoms with E-state index in [0.717, 1.165) is 45.2 Å². The van der Waals surface area contributed by atoms with E-state index < -0.39 is 0 Å². The molecule has 1 aliphatic heterocycles. The zero-order valence-corrected chi connectivity index (χ0v) is 13.4. The van der Waals surface area contributed by atoms with Gasteiger partial charge in [0.15, 0.2) is 0 Å². The first-order valence-corrected chi connectivity index (χ1v) is 7.40. The minimum absolute atomic E-state index is 0. The van der Waals surface area contributed by atoms with E-state index in [9.17, 15) is 4.79 Å². The van der Waals surface area contributed by atoms with Crippen molar-refractivity contribution in [2.45, 2.75) is 64.8 Å². The highest BCUT2D eigenvalue weighted by molar-refractivity contribution is 5.85. The molecule has 0 aromatic heterocycles. The van der Waals surface area contributed by atoms with Crippen LogP contribution >= 0.6 is 12.4 Å². The quantitative estimate of drug-likeness (QED) is 0.806. The smallest absolute Gasteiger partial charge is 0.227 e. The highest BCUT2D eigenvalue weighted by Gasteiger charge is 2.41. The number of piperidine rings is 1. The molecule has 4 heteroatoms. The van der Waals surface area contributed by atoms with Crippen molar-refractivity contribution < 1.29 is 4.79 Å². The molecular formula is C15H29ClN2O. The molecule has 0 spiro atoms. The summed E-state index contributed by atoms with van der Waals surface area (Å²) in [6.07, 6.45) is 6.53. The zero-order chi connectivity index (χ0) is 13.4. The Bertz CT molecular complexity index is 318. The predicted molar refractivity (Wildman–Crippen MR) is 81.4 cm³/mol.